The lowest BCUT2D eigenvalue weighted by Crippen LogP contribution is -2.30. The van der Waals surface area contributed by atoms with E-state index in [9.17, 15) is 0 Å². The monoisotopic (exact) mass is 278 g/mol. The lowest BCUT2D eigenvalue weighted by Gasteiger charge is -2.16. The summed E-state index contributed by atoms with van der Waals surface area (Å²) in [5.41, 5.74) is 1.15. The van der Waals surface area contributed by atoms with E-state index in [1.54, 1.807) is 7.11 Å². The van der Waals surface area contributed by atoms with E-state index in [2.05, 4.69) is 17.3 Å². The van der Waals surface area contributed by atoms with E-state index < -0.39 is 0 Å². The average Bonchev–Trinajstić information content (AvgIpc) is 3.21. The molecule has 1 aliphatic heterocycles. The Hall–Kier alpha value is -1.46. The molecular weight excluding hydrogens is 256 g/mol. The molecule has 0 unspecified atom stereocenters. The lowest BCUT2D eigenvalue weighted by molar-refractivity contribution is 0.171. The SMILES string of the molecule is COc1cc(CNCCN(C)C2CC2)cc2c1OCO2. The molecule has 0 aromatic heterocycles. The maximum atomic E-state index is 5.43. The van der Waals surface area contributed by atoms with E-state index in [1.165, 1.54) is 12.8 Å². The molecule has 110 valence electrons. The zero-order chi connectivity index (χ0) is 13.9. The summed E-state index contributed by atoms with van der Waals surface area (Å²) >= 11 is 0. The topological polar surface area (TPSA) is 43.0 Å². The van der Waals surface area contributed by atoms with Crippen molar-refractivity contribution in [2.24, 2.45) is 0 Å². The average molecular weight is 278 g/mol. The van der Waals surface area contributed by atoms with E-state index in [0.29, 0.717) is 5.75 Å². The van der Waals surface area contributed by atoms with Gasteiger partial charge in [0.1, 0.15) is 0 Å². The number of likely N-dealkylation sites (N-methyl/N-ethyl adjacent to an activating group) is 1. The summed E-state index contributed by atoms with van der Waals surface area (Å²) in [6.07, 6.45) is 2.71. The van der Waals surface area contributed by atoms with Crippen LogP contribution in [0.1, 0.15) is 18.4 Å². The quantitative estimate of drug-likeness (QED) is 0.768. The van der Waals surface area contributed by atoms with Gasteiger partial charge in [-0.15, -0.1) is 0 Å². The fourth-order valence-corrected chi connectivity index (χ4v) is 2.47. The van der Waals surface area contributed by atoms with Crippen LogP contribution in [0.2, 0.25) is 0 Å². The Morgan fingerprint density at radius 3 is 2.95 bits per heavy atom. The molecule has 0 bridgehead atoms. The Morgan fingerprint density at radius 2 is 2.20 bits per heavy atom. The minimum atomic E-state index is 0.273. The number of ether oxygens (including phenoxy) is 3. The zero-order valence-electron chi connectivity index (χ0n) is 12.1. The van der Waals surface area contributed by atoms with E-state index in [1.807, 2.05) is 12.1 Å². The highest BCUT2D eigenvalue weighted by molar-refractivity contribution is 5.55. The molecule has 1 heterocycles. The number of rotatable bonds is 7. The molecule has 1 aromatic rings. The van der Waals surface area contributed by atoms with Crippen molar-refractivity contribution >= 4 is 0 Å². The van der Waals surface area contributed by atoms with Crippen LogP contribution in [0.3, 0.4) is 0 Å². The summed E-state index contributed by atoms with van der Waals surface area (Å²) in [6, 6.07) is 4.84. The number of nitrogens with one attached hydrogen (secondary N) is 1. The predicted molar refractivity (Wildman–Crippen MR) is 76.5 cm³/mol. The Bertz CT molecular complexity index is 474. The third kappa shape index (κ3) is 2.99. The third-order valence-electron chi connectivity index (χ3n) is 3.86. The van der Waals surface area contributed by atoms with Crippen molar-refractivity contribution in [3.63, 3.8) is 0 Å². The number of benzene rings is 1. The number of fused-ring (bicyclic) bond motifs is 1. The number of methoxy groups -OCH3 is 1. The van der Waals surface area contributed by atoms with Crippen molar-refractivity contribution in [3.05, 3.63) is 17.7 Å². The smallest absolute Gasteiger partial charge is 0.231 e. The van der Waals surface area contributed by atoms with Gasteiger partial charge < -0.3 is 24.4 Å². The lowest BCUT2D eigenvalue weighted by atomic mass is 10.2. The van der Waals surface area contributed by atoms with Crippen LogP contribution in [0.5, 0.6) is 17.2 Å². The fourth-order valence-electron chi connectivity index (χ4n) is 2.47. The number of hydrogen-bond donors (Lipinski definition) is 1. The largest absolute Gasteiger partial charge is 0.493 e. The third-order valence-corrected chi connectivity index (χ3v) is 3.86. The molecule has 1 N–H and O–H groups in total. The summed E-state index contributed by atoms with van der Waals surface area (Å²) in [5, 5.41) is 3.46. The van der Waals surface area contributed by atoms with Crippen LogP contribution >= 0.6 is 0 Å². The summed E-state index contributed by atoms with van der Waals surface area (Å²) in [5.74, 6) is 2.23. The van der Waals surface area contributed by atoms with Gasteiger partial charge in [-0.05, 0) is 37.6 Å². The molecule has 1 aliphatic carbocycles. The molecule has 1 aromatic carbocycles. The van der Waals surface area contributed by atoms with Crippen LogP contribution in [-0.2, 0) is 6.54 Å². The van der Waals surface area contributed by atoms with Gasteiger partial charge in [-0.2, -0.15) is 0 Å². The van der Waals surface area contributed by atoms with Crippen molar-refractivity contribution in [3.8, 4) is 17.2 Å². The highest BCUT2D eigenvalue weighted by Gasteiger charge is 2.25. The Labute approximate surface area is 119 Å². The summed E-state index contributed by atoms with van der Waals surface area (Å²) in [7, 11) is 3.85. The van der Waals surface area contributed by atoms with Gasteiger partial charge in [-0.3, -0.25) is 0 Å². The van der Waals surface area contributed by atoms with Gasteiger partial charge in [-0.25, -0.2) is 0 Å². The first-order valence-electron chi connectivity index (χ1n) is 7.15. The first-order chi connectivity index (χ1) is 9.78. The molecule has 0 radical (unpaired) electrons. The Morgan fingerprint density at radius 1 is 1.35 bits per heavy atom. The van der Waals surface area contributed by atoms with Crippen molar-refractivity contribution in [1.29, 1.82) is 0 Å². The normalized spacial score (nSPS) is 16.8. The fraction of sp³-hybridized carbons (Fsp3) is 0.600. The second-order valence-electron chi connectivity index (χ2n) is 5.42. The molecule has 20 heavy (non-hydrogen) atoms. The number of nitrogens with zero attached hydrogens (tertiary/aromatic N) is 1. The van der Waals surface area contributed by atoms with E-state index in [-0.39, 0.29) is 6.79 Å². The number of hydrogen-bond acceptors (Lipinski definition) is 5. The Balaban J connectivity index is 1.52. The second-order valence-corrected chi connectivity index (χ2v) is 5.42. The van der Waals surface area contributed by atoms with Crippen LogP contribution in [0.15, 0.2) is 12.1 Å². The van der Waals surface area contributed by atoms with Crippen molar-refractivity contribution in [1.82, 2.24) is 10.2 Å². The maximum Gasteiger partial charge on any atom is 0.231 e. The van der Waals surface area contributed by atoms with Crippen molar-refractivity contribution in [2.75, 3.05) is 34.0 Å². The van der Waals surface area contributed by atoms with E-state index in [0.717, 1.165) is 42.7 Å². The zero-order valence-corrected chi connectivity index (χ0v) is 12.1. The Kier molecular flexibility index (Phi) is 3.98. The van der Waals surface area contributed by atoms with E-state index >= 15 is 0 Å². The minimum Gasteiger partial charge on any atom is -0.493 e. The molecule has 0 atom stereocenters. The molecule has 2 aliphatic rings. The molecule has 0 spiro atoms. The molecule has 0 amide bonds. The first-order valence-corrected chi connectivity index (χ1v) is 7.15. The maximum absolute atomic E-state index is 5.43. The molecule has 0 saturated heterocycles. The van der Waals surface area contributed by atoms with Crippen LogP contribution < -0.4 is 19.5 Å². The van der Waals surface area contributed by atoms with Crippen LogP contribution in [0.4, 0.5) is 0 Å². The molecule has 5 nitrogen and oxygen atoms in total. The van der Waals surface area contributed by atoms with E-state index in [4.69, 9.17) is 14.2 Å². The highest BCUT2D eigenvalue weighted by atomic mass is 16.7. The highest BCUT2D eigenvalue weighted by Crippen LogP contribution is 2.41. The molecule has 1 saturated carbocycles. The predicted octanol–water partition coefficient (Wildman–Crippen LogP) is 1.61. The van der Waals surface area contributed by atoms with Crippen molar-refractivity contribution in [2.45, 2.75) is 25.4 Å². The second kappa shape index (κ2) is 5.89. The summed E-state index contributed by atoms with van der Waals surface area (Å²) in [4.78, 5) is 2.42. The van der Waals surface area contributed by atoms with Gasteiger partial charge >= 0.3 is 0 Å². The summed E-state index contributed by atoms with van der Waals surface area (Å²) < 4.78 is 16.2. The van der Waals surface area contributed by atoms with Crippen molar-refractivity contribution < 1.29 is 14.2 Å². The van der Waals surface area contributed by atoms with Crippen LogP contribution in [-0.4, -0.2) is 45.0 Å². The van der Waals surface area contributed by atoms with Gasteiger partial charge in [-0.1, -0.05) is 0 Å². The molecule has 3 rings (SSSR count). The van der Waals surface area contributed by atoms with Gasteiger partial charge in [0, 0.05) is 25.7 Å². The minimum absolute atomic E-state index is 0.273. The van der Waals surface area contributed by atoms with Gasteiger partial charge in [0.15, 0.2) is 11.5 Å². The van der Waals surface area contributed by atoms with Crippen LogP contribution in [0.25, 0.3) is 0 Å². The van der Waals surface area contributed by atoms with Gasteiger partial charge in [0.05, 0.1) is 7.11 Å². The van der Waals surface area contributed by atoms with Gasteiger partial charge in [0.2, 0.25) is 12.5 Å². The standard InChI is InChI=1S/C15H22N2O3/c1-17(12-3-4-12)6-5-16-9-11-7-13(18-2)15-14(8-11)19-10-20-15/h7-8,12,16H,3-6,9-10H2,1-2H3. The molecule has 1 fully saturated rings. The summed E-state index contributed by atoms with van der Waals surface area (Å²) in [6.45, 7) is 3.16. The first kappa shape index (κ1) is 13.5. The molecule has 5 heteroatoms. The van der Waals surface area contributed by atoms with Crippen LogP contribution in [0, 0.1) is 0 Å². The molecular formula is C15H22N2O3. The van der Waals surface area contributed by atoms with Gasteiger partial charge in [0.25, 0.3) is 0 Å².